The van der Waals surface area contributed by atoms with Crippen molar-refractivity contribution in [3.63, 3.8) is 0 Å². The summed E-state index contributed by atoms with van der Waals surface area (Å²) < 4.78 is 5.31. The topological polar surface area (TPSA) is 9.23 Å². The molecule has 0 rings (SSSR count). The fourth-order valence-electron chi connectivity index (χ4n) is 0.934. The first kappa shape index (κ1) is 10.5. The third-order valence-electron chi connectivity index (χ3n) is 1.79. The van der Waals surface area contributed by atoms with E-state index in [4.69, 9.17) is 4.74 Å². The Morgan fingerprint density at radius 3 is 2.45 bits per heavy atom. The van der Waals surface area contributed by atoms with Gasteiger partial charge in [-0.15, -0.1) is 6.58 Å². The van der Waals surface area contributed by atoms with Crippen LogP contribution < -0.4 is 0 Å². The van der Waals surface area contributed by atoms with Crippen molar-refractivity contribution in [3.8, 4) is 0 Å². The second-order valence-corrected chi connectivity index (χ2v) is 5.98. The molecule has 0 aliphatic rings. The molecule has 0 N–H and O–H groups in total. The van der Waals surface area contributed by atoms with E-state index in [1.165, 1.54) is 11.5 Å². The molecule has 0 aromatic rings. The van der Waals surface area contributed by atoms with Crippen LogP contribution in [0.1, 0.15) is 13.3 Å². The zero-order valence-electron chi connectivity index (χ0n) is 7.76. The van der Waals surface area contributed by atoms with Crippen molar-refractivity contribution in [2.75, 3.05) is 0 Å². The summed E-state index contributed by atoms with van der Waals surface area (Å²) in [5, 5.41) is 1.28. The second-order valence-electron chi connectivity index (χ2n) is 2.93. The summed E-state index contributed by atoms with van der Waals surface area (Å²) in [7, 11) is -0.739. The maximum atomic E-state index is 5.31. The molecule has 2 heteroatoms. The van der Waals surface area contributed by atoms with Gasteiger partial charge < -0.3 is 4.74 Å². The van der Waals surface area contributed by atoms with Gasteiger partial charge in [0.15, 0.2) is 0 Å². The van der Waals surface area contributed by atoms with E-state index in [2.05, 4.69) is 33.2 Å². The Balaban J connectivity index is 4.02. The number of hydrogen-bond acceptors (Lipinski definition) is 1. The summed E-state index contributed by atoms with van der Waals surface area (Å²) in [5.74, 6) is 0. The highest BCUT2D eigenvalue weighted by Crippen LogP contribution is 2.12. The van der Waals surface area contributed by atoms with Crippen LogP contribution in [0, 0.1) is 0 Å². The molecule has 0 aromatic heterocycles. The van der Waals surface area contributed by atoms with E-state index >= 15 is 0 Å². The molecule has 0 aromatic carbocycles. The molecule has 0 saturated carbocycles. The Morgan fingerprint density at radius 1 is 1.64 bits per heavy atom. The molecule has 64 valence electrons. The van der Waals surface area contributed by atoms with Gasteiger partial charge in [0.2, 0.25) is 0 Å². The Morgan fingerprint density at radius 2 is 2.18 bits per heavy atom. The maximum Gasteiger partial charge on any atom is 0.114 e. The molecule has 0 aliphatic heterocycles. The lowest BCUT2D eigenvalue weighted by atomic mass is 10.3. The molecule has 1 nitrogen and oxygen atoms in total. The highest BCUT2D eigenvalue weighted by atomic mass is 28.3. The molecule has 0 fully saturated rings. The smallest absolute Gasteiger partial charge is 0.114 e. The highest BCUT2D eigenvalue weighted by Gasteiger charge is 2.13. The SMILES string of the molecule is C=COC(CC)C(=C)[SiH](C)C. The fraction of sp³-hybridized carbons (Fsp3) is 0.556. The van der Waals surface area contributed by atoms with Gasteiger partial charge in [0.25, 0.3) is 0 Å². The first-order valence-electron chi connectivity index (χ1n) is 4.08. The highest BCUT2D eigenvalue weighted by molar-refractivity contribution is 6.64. The quantitative estimate of drug-likeness (QED) is 0.455. The minimum Gasteiger partial charge on any atom is -0.495 e. The van der Waals surface area contributed by atoms with Crippen molar-refractivity contribution >= 4 is 8.80 Å². The average molecular weight is 170 g/mol. The number of hydrogen-bond donors (Lipinski definition) is 0. The van der Waals surface area contributed by atoms with Gasteiger partial charge >= 0.3 is 0 Å². The summed E-state index contributed by atoms with van der Waals surface area (Å²) in [6, 6.07) is 0. The van der Waals surface area contributed by atoms with Crippen LogP contribution in [-0.2, 0) is 4.74 Å². The zero-order chi connectivity index (χ0) is 8.85. The van der Waals surface area contributed by atoms with E-state index in [0.29, 0.717) is 0 Å². The van der Waals surface area contributed by atoms with Gasteiger partial charge in [0.1, 0.15) is 6.10 Å². The monoisotopic (exact) mass is 170 g/mol. The van der Waals surface area contributed by atoms with E-state index < -0.39 is 8.80 Å². The van der Waals surface area contributed by atoms with Gasteiger partial charge in [-0.3, -0.25) is 0 Å². The van der Waals surface area contributed by atoms with Crippen molar-refractivity contribution in [1.29, 1.82) is 0 Å². The summed E-state index contributed by atoms with van der Waals surface area (Å²) in [4.78, 5) is 0. The molecule has 1 atom stereocenters. The van der Waals surface area contributed by atoms with Crippen molar-refractivity contribution < 1.29 is 4.74 Å². The van der Waals surface area contributed by atoms with E-state index in [1.807, 2.05) is 0 Å². The standard InChI is InChI=1S/C9H18OSi/c1-6-9(10-7-2)8(3)11(4)5/h7,9,11H,2-3,6H2,1,4-5H3. The molecule has 0 radical (unpaired) electrons. The van der Waals surface area contributed by atoms with Crippen LogP contribution in [0.4, 0.5) is 0 Å². The molecular weight excluding hydrogens is 152 g/mol. The average Bonchev–Trinajstić information content (AvgIpc) is 1.98. The lowest BCUT2D eigenvalue weighted by Gasteiger charge is -2.19. The summed E-state index contributed by atoms with van der Waals surface area (Å²) in [5.41, 5.74) is 0. The van der Waals surface area contributed by atoms with Crippen LogP contribution in [0.2, 0.25) is 13.1 Å². The van der Waals surface area contributed by atoms with Gasteiger partial charge in [0, 0.05) is 0 Å². The van der Waals surface area contributed by atoms with Crippen LogP contribution in [-0.4, -0.2) is 14.9 Å². The molecule has 1 unspecified atom stereocenters. The van der Waals surface area contributed by atoms with Gasteiger partial charge in [-0.25, -0.2) is 0 Å². The molecule has 11 heavy (non-hydrogen) atoms. The van der Waals surface area contributed by atoms with Crippen LogP contribution in [0.3, 0.4) is 0 Å². The Kier molecular flexibility index (Phi) is 4.95. The van der Waals surface area contributed by atoms with Crippen LogP contribution >= 0.6 is 0 Å². The Hall–Kier alpha value is -0.503. The second kappa shape index (κ2) is 5.19. The molecule has 0 spiro atoms. The van der Waals surface area contributed by atoms with Crippen molar-refractivity contribution in [2.45, 2.75) is 32.5 Å². The van der Waals surface area contributed by atoms with E-state index in [9.17, 15) is 0 Å². The van der Waals surface area contributed by atoms with E-state index in [1.54, 1.807) is 0 Å². The van der Waals surface area contributed by atoms with E-state index in [-0.39, 0.29) is 6.10 Å². The van der Waals surface area contributed by atoms with E-state index in [0.717, 1.165) is 6.42 Å². The normalized spacial score (nSPS) is 12.7. The van der Waals surface area contributed by atoms with Gasteiger partial charge in [-0.2, -0.15) is 0 Å². The third-order valence-corrected chi connectivity index (χ3v) is 3.64. The fourth-order valence-corrected chi connectivity index (χ4v) is 1.99. The number of ether oxygens (including phenoxy) is 1. The first-order chi connectivity index (χ1) is 5.13. The minimum absolute atomic E-state index is 0.208. The minimum atomic E-state index is -0.739. The third kappa shape index (κ3) is 3.42. The zero-order valence-corrected chi connectivity index (χ0v) is 8.92. The maximum absolute atomic E-state index is 5.31. The predicted octanol–water partition coefficient (Wildman–Crippen LogP) is 2.51. The summed E-state index contributed by atoms with van der Waals surface area (Å²) >= 11 is 0. The van der Waals surface area contributed by atoms with Crippen molar-refractivity contribution in [1.82, 2.24) is 0 Å². The van der Waals surface area contributed by atoms with Crippen molar-refractivity contribution in [2.24, 2.45) is 0 Å². The molecular formula is C9H18OSi. The van der Waals surface area contributed by atoms with Gasteiger partial charge in [-0.1, -0.05) is 31.8 Å². The summed E-state index contributed by atoms with van der Waals surface area (Å²) in [6.07, 6.45) is 2.71. The Labute approximate surface area is 71.4 Å². The van der Waals surface area contributed by atoms with Crippen LogP contribution in [0.5, 0.6) is 0 Å². The van der Waals surface area contributed by atoms with Crippen LogP contribution in [0.25, 0.3) is 0 Å². The van der Waals surface area contributed by atoms with Crippen molar-refractivity contribution in [3.05, 3.63) is 24.6 Å². The Bertz CT molecular complexity index is 140. The van der Waals surface area contributed by atoms with Gasteiger partial charge in [0.05, 0.1) is 15.1 Å². The molecule has 0 amide bonds. The predicted molar refractivity (Wildman–Crippen MR) is 53.4 cm³/mol. The lowest BCUT2D eigenvalue weighted by Crippen LogP contribution is -2.20. The molecule has 0 aliphatic carbocycles. The molecule has 0 bridgehead atoms. The molecule has 0 heterocycles. The summed E-state index contributed by atoms with van der Waals surface area (Å²) in [6.45, 7) is 14.2. The largest absolute Gasteiger partial charge is 0.495 e. The van der Waals surface area contributed by atoms with Crippen LogP contribution in [0.15, 0.2) is 24.6 Å². The first-order valence-corrected chi connectivity index (χ1v) is 6.97. The van der Waals surface area contributed by atoms with Gasteiger partial charge in [-0.05, 0) is 6.42 Å². The lowest BCUT2D eigenvalue weighted by molar-refractivity contribution is 0.179. The molecule has 0 saturated heterocycles. The number of rotatable bonds is 5.